The van der Waals surface area contributed by atoms with E-state index in [4.69, 9.17) is 28.2 Å². The largest absolute Gasteiger partial charge is 0.371 e. The van der Waals surface area contributed by atoms with Gasteiger partial charge in [-0.2, -0.15) is 0 Å². The lowest BCUT2D eigenvalue weighted by Crippen LogP contribution is -2.39. The summed E-state index contributed by atoms with van der Waals surface area (Å²) < 4.78 is 16.1. The lowest BCUT2D eigenvalue weighted by molar-refractivity contribution is -0.128. The Bertz CT molecular complexity index is 1530. The minimum absolute atomic E-state index is 0.0650. The molecule has 2 aliphatic rings. The Balaban J connectivity index is 1.46. The maximum absolute atomic E-state index is 14.1. The number of benzene rings is 2. The first kappa shape index (κ1) is 32.6. The van der Waals surface area contributed by atoms with Gasteiger partial charge in [-0.15, -0.1) is 0 Å². The third-order valence-electron chi connectivity index (χ3n) is 9.17. The number of imidazole rings is 1. The second kappa shape index (κ2) is 13.3. The molecule has 2 aromatic carbocycles. The summed E-state index contributed by atoms with van der Waals surface area (Å²) in [5, 5.41) is 7.25. The number of anilines is 1. The molecule has 0 atom stereocenters. The van der Waals surface area contributed by atoms with Gasteiger partial charge in [0.1, 0.15) is 12.0 Å². The number of nitrogens with zero attached hydrogens (tertiary/aromatic N) is 3. The fraction of sp³-hybridized carbons (Fsp3) is 0.559. The molecule has 2 fully saturated rings. The summed E-state index contributed by atoms with van der Waals surface area (Å²) >= 11 is 13.5. The second-order valence-electron chi connectivity index (χ2n) is 13.6. The van der Waals surface area contributed by atoms with Crippen LogP contribution in [0.4, 0.5) is 10.1 Å². The number of amides is 2. The monoisotopic (exact) mass is 643 g/mol. The van der Waals surface area contributed by atoms with Gasteiger partial charge in [-0.05, 0) is 73.8 Å². The molecule has 44 heavy (non-hydrogen) atoms. The van der Waals surface area contributed by atoms with Gasteiger partial charge in [-0.3, -0.25) is 9.59 Å². The van der Waals surface area contributed by atoms with Crippen LogP contribution in [0.3, 0.4) is 0 Å². The summed E-state index contributed by atoms with van der Waals surface area (Å²) in [4.78, 5) is 33.3. The van der Waals surface area contributed by atoms with Crippen molar-refractivity contribution >= 4 is 51.7 Å². The number of hydrogen-bond donors (Lipinski definition) is 2. The molecule has 2 N–H and O–H groups in total. The number of aromatic nitrogens is 2. The highest BCUT2D eigenvalue weighted by Gasteiger charge is 2.27. The molecule has 0 unspecified atom stereocenters. The van der Waals surface area contributed by atoms with E-state index in [1.807, 2.05) is 50.6 Å². The molecule has 2 heterocycles. The Morgan fingerprint density at radius 2 is 1.73 bits per heavy atom. The molecule has 1 aliphatic heterocycles. The van der Waals surface area contributed by atoms with E-state index in [-0.39, 0.29) is 17.9 Å². The van der Waals surface area contributed by atoms with Crippen LogP contribution in [-0.2, 0) is 24.8 Å². The number of piperidine rings is 1. The smallest absolute Gasteiger partial charge is 0.253 e. The average Bonchev–Trinajstić information content (AvgIpc) is 3.29. The highest BCUT2D eigenvalue weighted by molar-refractivity contribution is 6.36. The van der Waals surface area contributed by atoms with Crippen molar-refractivity contribution in [1.29, 1.82) is 0 Å². The van der Waals surface area contributed by atoms with Crippen LogP contribution in [0.1, 0.15) is 93.5 Å². The Labute approximate surface area is 269 Å². The number of carbonyl (C=O) groups excluding carboxylic acids is 2. The lowest BCUT2D eigenvalue weighted by atomic mass is 9.87. The van der Waals surface area contributed by atoms with Crippen molar-refractivity contribution in [2.45, 2.75) is 91.4 Å². The third-order valence-corrected chi connectivity index (χ3v) is 10.00. The highest BCUT2D eigenvalue weighted by atomic mass is 35.5. The van der Waals surface area contributed by atoms with Crippen LogP contribution in [0.5, 0.6) is 0 Å². The van der Waals surface area contributed by atoms with E-state index in [2.05, 4.69) is 22.5 Å². The standard InChI is InChI=1S/C34H44Cl2FN5O2/c1-20-6-9-23(10-7-20)39-32(43)25-16-27-29(18-28(25)42-14-12-22(37)13-15-42)41(5)30(40-27)17-24-26(35)11-8-21(31(24)36)19-38-33(44)34(2,3)4/h8,11,16,18,20,22-23H,6-7,9-10,12-15,17,19H2,1-5H3,(H,38,44)(H,39,43). The molecule has 1 saturated carbocycles. The molecule has 10 heteroatoms. The van der Waals surface area contributed by atoms with Gasteiger partial charge < -0.3 is 20.1 Å². The molecule has 0 radical (unpaired) electrons. The molecule has 1 saturated heterocycles. The summed E-state index contributed by atoms with van der Waals surface area (Å²) in [6, 6.07) is 7.67. The minimum Gasteiger partial charge on any atom is -0.371 e. The molecule has 7 nitrogen and oxygen atoms in total. The first-order valence-electron chi connectivity index (χ1n) is 15.7. The maximum atomic E-state index is 14.1. The first-order chi connectivity index (χ1) is 20.8. The molecular weight excluding hydrogens is 600 g/mol. The number of nitrogens with one attached hydrogen (secondary N) is 2. The third kappa shape index (κ3) is 7.17. The van der Waals surface area contributed by atoms with Crippen molar-refractivity contribution < 1.29 is 14.0 Å². The van der Waals surface area contributed by atoms with Crippen molar-refractivity contribution in [3.8, 4) is 0 Å². The fourth-order valence-corrected chi connectivity index (χ4v) is 6.75. The van der Waals surface area contributed by atoms with Crippen molar-refractivity contribution in [3.05, 3.63) is 56.8 Å². The summed E-state index contributed by atoms with van der Waals surface area (Å²) in [6.07, 6.45) is 4.62. The maximum Gasteiger partial charge on any atom is 0.253 e. The van der Waals surface area contributed by atoms with Crippen molar-refractivity contribution in [3.63, 3.8) is 0 Å². The van der Waals surface area contributed by atoms with Crippen molar-refractivity contribution in [2.24, 2.45) is 18.4 Å². The molecule has 1 aliphatic carbocycles. The zero-order valence-electron chi connectivity index (χ0n) is 26.4. The number of alkyl halides is 1. The number of hydrogen-bond acceptors (Lipinski definition) is 4. The first-order valence-corrected chi connectivity index (χ1v) is 16.5. The average molecular weight is 645 g/mol. The Kier molecular flexibility index (Phi) is 9.81. The predicted molar refractivity (Wildman–Crippen MR) is 177 cm³/mol. The van der Waals surface area contributed by atoms with E-state index in [0.717, 1.165) is 53.8 Å². The van der Waals surface area contributed by atoms with Crippen LogP contribution in [-0.4, -0.2) is 46.7 Å². The number of rotatable bonds is 7. The number of halogens is 3. The zero-order valence-corrected chi connectivity index (χ0v) is 27.9. The SMILES string of the molecule is CC1CCC(NC(=O)c2cc3nc(Cc4c(Cl)ccc(CNC(=O)C(C)(C)C)c4Cl)n(C)c3cc2N2CCC(F)CC2)CC1. The summed E-state index contributed by atoms with van der Waals surface area (Å²) in [5.41, 5.74) is 3.95. The van der Waals surface area contributed by atoms with Gasteiger partial charge in [-0.25, -0.2) is 9.37 Å². The minimum atomic E-state index is -0.813. The summed E-state index contributed by atoms with van der Waals surface area (Å²) in [6.45, 7) is 9.26. The van der Waals surface area contributed by atoms with Gasteiger partial charge >= 0.3 is 0 Å². The normalized spacial score (nSPS) is 19.8. The van der Waals surface area contributed by atoms with Gasteiger partial charge in [-0.1, -0.05) is 57.0 Å². The zero-order chi connectivity index (χ0) is 31.8. The van der Waals surface area contributed by atoms with Crippen molar-refractivity contribution in [2.75, 3.05) is 18.0 Å². The summed E-state index contributed by atoms with van der Waals surface area (Å²) in [7, 11) is 1.94. The van der Waals surface area contributed by atoms with Crippen LogP contribution in [0.25, 0.3) is 11.0 Å². The lowest BCUT2D eigenvalue weighted by Gasteiger charge is -2.32. The van der Waals surface area contributed by atoms with Crippen LogP contribution < -0.4 is 15.5 Å². The molecule has 0 bridgehead atoms. The van der Waals surface area contributed by atoms with Crippen LogP contribution in [0.15, 0.2) is 24.3 Å². The Morgan fingerprint density at radius 1 is 1.05 bits per heavy atom. The molecule has 1 aromatic heterocycles. The Morgan fingerprint density at radius 3 is 2.39 bits per heavy atom. The van der Waals surface area contributed by atoms with E-state index < -0.39 is 11.6 Å². The predicted octanol–water partition coefficient (Wildman–Crippen LogP) is 7.38. The second-order valence-corrected chi connectivity index (χ2v) is 14.4. The fourth-order valence-electron chi connectivity index (χ4n) is 6.18. The van der Waals surface area contributed by atoms with Gasteiger partial charge in [0.15, 0.2) is 0 Å². The van der Waals surface area contributed by atoms with E-state index in [1.54, 1.807) is 6.07 Å². The van der Waals surface area contributed by atoms with Crippen molar-refractivity contribution in [1.82, 2.24) is 20.2 Å². The number of fused-ring (bicyclic) bond motifs is 1. The van der Waals surface area contributed by atoms with Crippen LogP contribution in [0.2, 0.25) is 10.0 Å². The van der Waals surface area contributed by atoms with Gasteiger partial charge in [0.25, 0.3) is 5.91 Å². The molecular formula is C34H44Cl2FN5O2. The van der Waals surface area contributed by atoms with E-state index in [9.17, 15) is 14.0 Å². The van der Waals surface area contributed by atoms with Crippen LogP contribution in [0, 0.1) is 11.3 Å². The molecule has 238 valence electrons. The van der Waals surface area contributed by atoms with E-state index in [0.29, 0.717) is 65.9 Å². The summed E-state index contributed by atoms with van der Waals surface area (Å²) in [5.74, 6) is 1.26. The van der Waals surface area contributed by atoms with E-state index >= 15 is 0 Å². The number of aryl methyl sites for hydroxylation is 1. The molecule has 0 spiro atoms. The molecule has 2 amide bonds. The van der Waals surface area contributed by atoms with Gasteiger partial charge in [0.2, 0.25) is 5.91 Å². The number of carbonyl (C=O) groups is 2. The molecule has 5 rings (SSSR count). The van der Waals surface area contributed by atoms with Gasteiger partial charge in [0.05, 0.1) is 27.3 Å². The van der Waals surface area contributed by atoms with E-state index in [1.165, 1.54) is 0 Å². The quantitative estimate of drug-likeness (QED) is 0.282. The van der Waals surface area contributed by atoms with Crippen LogP contribution >= 0.6 is 23.2 Å². The van der Waals surface area contributed by atoms with Gasteiger partial charge in [0, 0.05) is 49.6 Å². The molecule has 3 aromatic rings. The highest BCUT2D eigenvalue weighted by Crippen LogP contribution is 2.34. The topological polar surface area (TPSA) is 79.3 Å². The Hall–Kier alpha value is -2.84.